The molecule has 13 nitrogen and oxygen atoms in total. The number of carbonyl (C=O) groups is 4. The van der Waals surface area contributed by atoms with Gasteiger partial charge in [0.15, 0.2) is 14.1 Å². The van der Waals surface area contributed by atoms with Crippen molar-refractivity contribution in [3.63, 3.8) is 0 Å². The lowest BCUT2D eigenvalue weighted by atomic mass is 9.80. The SMILES string of the molecule is CC(=O)/C=C/C(CCCCC(=O)OC1CC(C)(C)N(O)C(C)(C)C1)O[Si](C)(C)C(C)(C)C.CC1(C)CC(OC(=O)CCCCC(O)/C=C/C(=O)O)CC(C)(C)N1O. The van der Waals surface area contributed by atoms with Crippen LogP contribution in [0, 0.1) is 0 Å². The number of ether oxygens (including phenoxy) is 2. The fourth-order valence-electron chi connectivity index (χ4n) is 7.53. The zero-order chi connectivity index (χ0) is 44.2. The largest absolute Gasteiger partial charge is 0.478 e. The van der Waals surface area contributed by atoms with Gasteiger partial charge in [-0.15, -0.1) is 0 Å². The highest BCUT2D eigenvalue weighted by Gasteiger charge is 2.47. The van der Waals surface area contributed by atoms with Crippen molar-refractivity contribution >= 4 is 32.0 Å². The number of nitrogens with zero attached hydrogens (tertiary/aromatic N) is 2. The van der Waals surface area contributed by atoms with Gasteiger partial charge in [0.1, 0.15) is 12.2 Å². The number of carbonyl (C=O) groups excluding carboxylic acids is 3. The van der Waals surface area contributed by atoms with Gasteiger partial charge in [-0.25, -0.2) is 4.79 Å². The molecule has 0 aliphatic carbocycles. The zero-order valence-electron chi connectivity index (χ0n) is 37.6. The van der Waals surface area contributed by atoms with E-state index in [9.17, 15) is 34.7 Å². The van der Waals surface area contributed by atoms with Crippen molar-refractivity contribution in [1.29, 1.82) is 0 Å². The average Bonchev–Trinajstić information content (AvgIpc) is 3.03. The number of rotatable bonds is 18. The molecular formula is C43H78N2O11Si. The van der Waals surface area contributed by atoms with Crippen molar-refractivity contribution in [3.05, 3.63) is 24.3 Å². The summed E-state index contributed by atoms with van der Waals surface area (Å²) in [6, 6.07) is 0. The van der Waals surface area contributed by atoms with Gasteiger partial charge >= 0.3 is 17.9 Å². The third-order valence-electron chi connectivity index (χ3n) is 11.3. The Balaban J connectivity index is 0.000000587. The third-order valence-corrected chi connectivity index (χ3v) is 15.8. The average molecular weight is 827 g/mol. The highest BCUT2D eigenvalue weighted by Crippen LogP contribution is 2.40. The van der Waals surface area contributed by atoms with E-state index in [0.29, 0.717) is 51.4 Å². The second-order valence-corrected chi connectivity index (χ2v) is 24.8. The predicted octanol–water partition coefficient (Wildman–Crippen LogP) is 8.54. The minimum atomic E-state index is -1.96. The lowest BCUT2D eigenvalue weighted by Gasteiger charge is -2.50. The predicted molar refractivity (Wildman–Crippen MR) is 223 cm³/mol. The molecule has 2 aliphatic rings. The number of unbranched alkanes of at least 4 members (excludes halogenated alkanes) is 2. The molecule has 14 heteroatoms. The third kappa shape index (κ3) is 18.6. The number of aliphatic hydroxyl groups is 1. The molecule has 0 aromatic rings. The monoisotopic (exact) mass is 827 g/mol. The Morgan fingerprint density at radius 1 is 0.702 bits per heavy atom. The Labute approximate surface area is 344 Å². The second kappa shape index (κ2) is 21.7. The molecule has 4 N–H and O–H groups in total. The van der Waals surface area contributed by atoms with Crippen LogP contribution in [0.25, 0.3) is 0 Å². The van der Waals surface area contributed by atoms with E-state index in [2.05, 4.69) is 33.9 Å². The van der Waals surface area contributed by atoms with Crippen molar-refractivity contribution in [1.82, 2.24) is 10.1 Å². The summed E-state index contributed by atoms with van der Waals surface area (Å²) in [6.07, 6.45) is 11.1. The van der Waals surface area contributed by atoms with Crippen molar-refractivity contribution in [2.45, 2.75) is 225 Å². The number of carboxylic acid groups (broad SMARTS) is 1. The number of esters is 2. The number of hydrogen-bond acceptors (Lipinski definition) is 12. The Hall–Kier alpha value is -2.46. The van der Waals surface area contributed by atoms with Crippen LogP contribution in [0.5, 0.6) is 0 Å². The molecule has 0 aromatic carbocycles. The first-order chi connectivity index (χ1) is 25.8. The van der Waals surface area contributed by atoms with E-state index in [-0.39, 0.29) is 47.5 Å². The smallest absolute Gasteiger partial charge is 0.328 e. The molecule has 2 atom stereocenters. The summed E-state index contributed by atoms with van der Waals surface area (Å²) in [6.45, 7) is 28.1. The first-order valence-corrected chi connectivity index (χ1v) is 23.6. The minimum absolute atomic E-state index is 0.0113. The molecular weight excluding hydrogens is 749 g/mol. The first-order valence-electron chi connectivity index (χ1n) is 20.6. The van der Waals surface area contributed by atoms with E-state index in [0.717, 1.165) is 25.3 Å². The molecule has 2 unspecified atom stereocenters. The molecule has 0 radical (unpaired) electrons. The van der Waals surface area contributed by atoms with E-state index in [1.165, 1.54) is 16.2 Å². The molecule has 0 amide bonds. The molecule has 0 spiro atoms. The van der Waals surface area contributed by atoms with Gasteiger partial charge in [-0.2, -0.15) is 10.1 Å². The Bertz CT molecular complexity index is 1350. The van der Waals surface area contributed by atoms with Crippen LogP contribution in [0.15, 0.2) is 24.3 Å². The van der Waals surface area contributed by atoms with Crippen LogP contribution < -0.4 is 0 Å². The number of hydrogen-bond donors (Lipinski definition) is 4. The summed E-state index contributed by atoms with van der Waals surface area (Å²) in [7, 11) is -1.96. The molecule has 0 bridgehead atoms. The minimum Gasteiger partial charge on any atom is -0.478 e. The molecule has 0 saturated carbocycles. The van der Waals surface area contributed by atoms with Crippen LogP contribution in [0.3, 0.4) is 0 Å². The van der Waals surface area contributed by atoms with Gasteiger partial charge in [0.25, 0.3) is 0 Å². The highest BCUT2D eigenvalue weighted by molar-refractivity contribution is 6.74. The van der Waals surface area contributed by atoms with Gasteiger partial charge in [-0.05, 0) is 125 Å². The van der Waals surface area contributed by atoms with Crippen molar-refractivity contribution < 1.29 is 53.7 Å². The summed E-state index contributed by atoms with van der Waals surface area (Å²) in [5.41, 5.74) is -1.81. The molecule has 330 valence electrons. The Kier molecular flexibility index (Phi) is 20.0. The molecule has 57 heavy (non-hydrogen) atoms. The maximum absolute atomic E-state index is 12.5. The Morgan fingerprint density at radius 3 is 1.44 bits per heavy atom. The second-order valence-electron chi connectivity index (χ2n) is 20.1. The quantitative estimate of drug-likeness (QED) is 0.0447. The highest BCUT2D eigenvalue weighted by atomic mass is 28.4. The van der Waals surface area contributed by atoms with Crippen molar-refractivity contribution in [3.8, 4) is 0 Å². The summed E-state index contributed by atoms with van der Waals surface area (Å²) in [5.74, 6) is -1.55. The van der Waals surface area contributed by atoms with Gasteiger partial charge in [0.2, 0.25) is 0 Å². The number of hydroxylamine groups is 4. The van der Waals surface area contributed by atoms with E-state index < -0.39 is 42.5 Å². The first kappa shape index (κ1) is 52.6. The van der Waals surface area contributed by atoms with Gasteiger partial charge < -0.3 is 34.5 Å². The lowest BCUT2D eigenvalue weighted by Crippen LogP contribution is -2.60. The van der Waals surface area contributed by atoms with Crippen LogP contribution in [0.2, 0.25) is 18.1 Å². The molecule has 2 saturated heterocycles. The summed E-state index contributed by atoms with van der Waals surface area (Å²) in [4.78, 5) is 46.2. The summed E-state index contributed by atoms with van der Waals surface area (Å²) >= 11 is 0. The van der Waals surface area contributed by atoms with Crippen LogP contribution >= 0.6 is 0 Å². The molecule has 2 fully saturated rings. The topological polar surface area (TPSA) is 183 Å². The number of ketones is 1. The van der Waals surface area contributed by atoms with Crippen molar-refractivity contribution in [2.75, 3.05) is 0 Å². The van der Waals surface area contributed by atoms with Crippen LogP contribution in [0.1, 0.15) is 160 Å². The van der Waals surface area contributed by atoms with Crippen molar-refractivity contribution in [2.24, 2.45) is 0 Å². The van der Waals surface area contributed by atoms with E-state index in [4.69, 9.17) is 19.0 Å². The standard InChI is InChI=1S/C25H47NO5Si.C18H31NO6/c1-19(27)15-16-20(31-32(9,10)23(2,3)4)13-11-12-14-22(28)30-21-17-24(5,6)26(29)25(7,8)18-21;1-17(2)11-14(12-18(3,4)19(17)24)25-16(23)8-6-5-7-13(20)9-10-15(21)22/h15-16,20-21,29H,11-14,17-18H2,1-10H3;9-10,13-14,20,24H,5-8,11-12H2,1-4H3,(H,21,22)/b16-15+;10-9+. The normalized spacial score (nSPS) is 21.4. The van der Waals surface area contributed by atoms with Gasteiger partial charge in [0.05, 0.1) is 12.2 Å². The number of allylic oxidation sites excluding steroid dienone is 1. The van der Waals surface area contributed by atoms with E-state index in [1.54, 1.807) is 13.0 Å². The van der Waals surface area contributed by atoms with Crippen LogP contribution in [-0.2, 0) is 33.1 Å². The van der Waals surface area contributed by atoms with Gasteiger partial charge in [0, 0.05) is 66.8 Å². The molecule has 2 rings (SSSR count). The zero-order valence-corrected chi connectivity index (χ0v) is 38.6. The molecule has 2 aliphatic heterocycles. The lowest BCUT2D eigenvalue weighted by molar-refractivity contribution is -0.259. The summed E-state index contributed by atoms with van der Waals surface area (Å²) < 4.78 is 17.8. The fourth-order valence-corrected chi connectivity index (χ4v) is 8.84. The maximum Gasteiger partial charge on any atom is 0.328 e. The number of aliphatic carboxylic acids is 1. The Morgan fingerprint density at radius 2 is 1.09 bits per heavy atom. The van der Waals surface area contributed by atoms with Gasteiger partial charge in [-0.3, -0.25) is 14.4 Å². The number of aliphatic hydroxyl groups excluding tert-OH is 1. The summed E-state index contributed by atoms with van der Waals surface area (Å²) in [5, 5.41) is 41.5. The van der Waals surface area contributed by atoms with Gasteiger partial charge in [-0.1, -0.05) is 33.3 Å². The number of carboxylic acids is 1. The van der Waals surface area contributed by atoms with Crippen LogP contribution in [0.4, 0.5) is 0 Å². The van der Waals surface area contributed by atoms with E-state index in [1.807, 2.05) is 61.5 Å². The van der Waals surface area contributed by atoms with E-state index >= 15 is 0 Å². The fraction of sp³-hybridized carbons (Fsp3) is 0.814. The van der Waals surface area contributed by atoms with Crippen LogP contribution in [-0.4, -0.2) is 109 Å². The number of piperidine rings is 2. The maximum atomic E-state index is 12.5. The molecule has 0 aromatic heterocycles. The molecule has 2 heterocycles.